The Labute approximate surface area is 162 Å². The summed E-state index contributed by atoms with van der Waals surface area (Å²) in [5, 5.41) is 14.6. The molecule has 0 fully saturated rings. The second-order valence-corrected chi connectivity index (χ2v) is 6.45. The Morgan fingerprint density at radius 2 is 1.75 bits per heavy atom. The van der Waals surface area contributed by atoms with Crippen molar-refractivity contribution in [3.05, 3.63) is 90.8 Å². The van der Waals surface area contributed by atoms with E-state index in [1.54, 1.807) is 36.7 Å². The number of hydrogen-bond acceptors (Lipinski definition) is 4. The summed E-state index contributed by atoms with van der Waals surface area (Å²) in [5.74, 6) is -0.0299. The predicted molar refractivity (Wildman–Crippen MR) is 112 cm³/mol. The number of nitrogens with one attached hydrogen (secondary N) is 1. The lowest BCUT2D eigenvalue weighted by Crippen LogP contribution is -2.18. The lowest BCUT2D eigenvalue weighted by molar-refractivity contribution is 0.102. The van der Waals surface area contributed by atoms with Gasteiger partial charge in [0.25, 0.3) is 5.91 Å². The number of amides is 1. The molecule has 2 N–H and O–H groups in total. The summed E-state index contributed by atoms with van der Waals surface area (Å²) in [6.07, 6.45) is 3.44. The van der Waals surface area contributed by atoms with Crippen LogP contribution in [0.3, 0.4) is 0 Å². The van der Waals surface area contributed by atoms with E-state index in [1.165, 1.54) is 0 Å². The lowest BCUT2D eigenvalue weighted by Gasteiger charge is -2.22. The summed E-state index contributed by atoms with van der Waals surface area (Å²) < 4.78 is 0. The van der Waals surface area contributed by atoms with Crippen molar-refractivity contribution in [2.75, 3.05) is 17.3 Å². The number of nitrogens with zero attached hydrogens (tertiary/aromatic N) is 2. The van der Waals surface area contributed by atoms with Crippen LogP contribution in [0.25, 0.3) is 10.8 Å². The Morgan fingerprint density at radius 3 is 2.57 bits per heavy atom. The molecule has 0 saturated heterocycles. The van der Waals surface area contributed by atoms with Crippen molar-refractivity contribution in [2.45, 2.75) is 0 Å². The molecule has 1 heterocycles. The van der Waals surface area contributed by atoms with Gasteiger partial charge in [-0.15, -0.1) is 0 Å². The third-order valence-electron chi connectivity index (χ3n) is 4.68. The van der Waals surface area contributed by atoms with E-state index in [2.05, 4.69) is 10.3 Å². The number of anilines is 3. The van der Waals surface area contributed by atoms with Crippen LogP contribution in [0.4, 0.5) is 17.1 Å². The summed E-state index contributed by atoms with van der Waals surface area (Å²) >= 11 is 0. The maximum absolute atomic E-state index is 13.0. The first-order chi connectivity index (χ1) is 13.6. The van der Waals surface area contributed by atoms with Crippen LogP contribution in [-0.2, 0) is 0 Å². The minimum absolute atomic E-state index is 0.186. The molecule has 4 rings (SSSR count). The van der Waals surface area contributed by atoms with Crippen LogP contribution in [0.5, 0.6) is 5.75 Å². The number of rotatable bonds is 4. The van der Waals surface area contributed by atoms with Gasteiger partial charge in [0.05, 0.1) is 11.3 Å². The largest absolute Gasteiger partial charge is 0.507 e. The van der Waals surface area contributed by atoms with Crippen molar-refractivity contribution in [2.24, 2.45) is 0 Å². The molecule has 5 heteroatoms. The molecule has 138 valence electrons. The number of carbonyl (C=O) groups is 1. The third-order valence-corrected chi connectivity index (χ3v) is 4.68. The highest BCUT2D eigenvalue weighted by Crippen LogP contribution is 2.29. The molecule has 0 aliphatic carbocycles. The highest BCUT2D eigenvalue weighted by Gasteiger charge is 2.15. The molecule has 0 spiro atoms. The molecule has 1 aromatic heterocycles. The molecule has 5 nitrogen and oxygen atoms in total. The van der Waals surface area contributed by atoms with Crippen molar-refractivity contribution in [3.8, 4) is 5.75 Å². The summed E-state index contributed by atoms with van der Waals surface area (Å²) in [7, 11) is 1.91. The van der Waals surface area contributed by atoms with Gasteiger partial charge in [0.1, 0.15) is 5.75 Å². The summed E-state index contributed by atoms with van der Waals surface area (Å²) in [5.41, 5.74) is 2.90. The van der Waals surface area contributed by atoms with E-state index >= 15 is 0 Å². The van der Waals surface area contributed by atoms with E-state index in [0.717, 1.165) is 16.8 Å². The number of aromatic nitrogens is 1. The molecule has 0 unspecified atom stereocenters. The van der Waals surface area contributed by atoms with Gasteiger partial charge in [-0.05, 0) is 47.9 Å². The zero-order valence-electron chi connectivity index (χ0n) is 15.3. The van der Waals surface area contributed by atoms with E-state index < -0.39 is 0 Å². The molecule has 3 aromatic carbocycles. The Balaban J connectivity index is 1.65. The minimum atomic E-state index is -0.216. The lowest BCUT2D eigenvalue weighted by atomic mass is 10.1. The number of benzene rings is 3. The SMILES string of the molecule is CN(c1ccncc1)c1ccccc1C(=O)Nc1ccc2cccc(O)c2c1. The average molecular weight is 369 g/mol. The van der Waals surface area contributed by atoms with Crippen LogP contribution in [0.15, 0.2) is 85.2 Å². The molecule has 0 aliphatic heterocycles. The van der Waals surface area contributed by atoms with E-state index in [1.807, 2.05) is 60.5 Å². The first kappa shape index (κ1) is 17.5. The molecule has 0 radical (unpaired) electrons. The van der Waals surface area contributed by atoms with Gasteiger partial charge in [-0.25, -0.2) is 0 Å². The number of pyridine rings is 1. The quantitative estimate of drug-likeness (QED) is 0.534. The zero-order chi connectivity index (χ0) is 19.5. The van der Waals surface area contributed by atoms with Crippen LogP contribution in [0.2, 0.25) is 0 Å². The first-order valence-corrected chi connectivity index (χ1v) is 8.89. The highest BCUT2D eigenvalue weighted by molar-refractivity contribution is 6.09. The summed E-state index contributed by atoms with van der Waals surface area (Å²) in [4.78, 5) is 19.0. The standard InChI is InChI=1S/C23H19N3O2/c1-26(18-11-13-24-14-12-18)21-7-3-2-6-19(21)23(28)25-17-10-9-16-5-4-8-22(27)20(16)15-17/h2-15,27H,1H3,(H,25,28). The van der Waals surface area contributed by atoms with Gasteiger partial charge >= 0.3 is 0 Å². The van der Waals surface area contributed by atoms with Gasteiger partial charge in [0.2, 0.25) is 0 Å². The Morgan fingerprint density at radius 1 is 0.964 bits per heavy atom. The Kier molecular flexibility index (Phi) is 4.64. The molecular formula is C23H19N3O2. The van der Waals surface area contributed by atoms with Gasteiger partial charge < -0.3 is 15.3 Å². The van der Waals surface area contributed by atoms with Crippen molar-refractivity contribution >= 4 is 33.7 Å². The van der Waals surface area contributed by atoms with Gasteiger partial charge in [-0.3, -0.25) is 9.78 Å². The van der Waals surface area contributed by atoms with Crippen LogP contribution >= 0.6 is 0 Å². The van der Waals surface area contributed by atoms with E-state index in [4.69, 9.17) is 0 Å². The molecule has 0 saturated carbocycles. The van der Waals surface area contributed by atoms with Crippen molar-refractivity contribution < 1.29 is 9.90 Å². The van der Waals surface area contributed by atoms with Crippen LogP contribution < -0.4 is 10.2 Å². The Bertz CT molecular complexity index is 1140. The molecule has 4 aromatic rings. The van der Waals surface area contributed by atoms with Crippen LogP contribution in [0, 0.1) is 0 Å². The maximum atomic E-state index is 13.0. The van der Waals surface area contributed by atoms with Crippen molar-refractivity contribution in [1.82, 2.24) is 4.98 Å². The third kappa shape index (κ3) is 3.38. The predicted octanol–water partition coefficient (Wildman–Crippen LogP) is 4.96. The smallest absolute Gasteiger partial charge is 0.257 e. The topological polar surface area (TPSA) is 65.5 Å². The minimum Gasteiger partial charge on any atom is -0.507 e. The fraction of sp³-hybridized carbons (Fsp3) is 0.0435. The molecule has 1 amide bonds. The van der Waals surface area contributed by atoms with Gasteiger partial charge in [0.15, 0.2) is 0 Å². The Hall–Kier alpha value is -3.86. The summed E-state index contributed by atoms with van der Waals surface area (Å²) in [6.45, 7) is 0. The molecular weight excluding hydrogens is 350 g/mol. The number of hydrogen-bond donors (Lipinski definition) is 2. The molecule has 0 aliphatic rings. The molecule has 0 bridgehead atoms. The number of aromatic hydroxyl groups is 1. The summed E-state index contributed by atoms with van der Waals surface area (Å²) in [6, 6.07) is 22.0. The highest BCUT2D eigenvalue weighted by atomic mass is 16.3. The van der Waals surface area contributed by atoms with Gasteiger partial charge in [-0.1, -0.05) is 30.3 Å². The number of phenols is 1. The maximum Gasteiger partial charge on any atom is 0.257 e. The van der Waals surface area contributed by atoms with E-state index in [-0.39, 0.29) is 11.7 Å². The fourth-order valence-corrected chi connectivity index (χ4v) is 3.20. The van der Waals surface area contributed by atoms with E-state index in [0.29, 0.717) is 16.6 Å². The van der Waals surface area contributed by atoms with Crippen LogP contribution in [0.1, 0.15) is 10.4 Å². The van der Waals surface area contributed by atoms with E-state index in [9.17, 15) is 9.90 Å². The average Bonchev–Trinajstić information content (AvgIpc) is 2.74. The second kappa shape index (κ2) is 7.40. The normalized spacial score (nSPS) is 10.6. The number of fused-ring (bicyclic) bond motifs is 1. The second-order valence-electron chi connectivity index (χ2n) is 6.45. The number of para-hydroxylation sites is 1. The fourth-order valence-electron chi connectivity index (χ4n) is 3.20. The monoisotopic (exact) mass is 369 g/mol. The number of phenolic OH excluding ortho intramolecular Hbond substituents is 1. The van der Waals surface area contributed by atoms with Crippen molar-refractivity contribution in [3.63, 3.8) is 0 Å². The molecule has 0 atom stereocenters. The first-order valence-electron chi connectivity index (χ1n) is 8.89. The number of carbonyl (C=O) groups excluding carboxylic acids is 1. The van der Waals surface area contributed by atoms with Gasteiger partial charge in [-0.2, -0.15) is 0 Å². The zero-order valence-corrected chi connectivity index (χ0v) is 15.3. The van der Waals surface area contributed by atoms with Crippen molar-refractivity contribution in [1.29, 1.82) is 0 Å². The van der Waals surface area contributed by atoms with Gasteiger partial charge in [0, 0.05) is 36.2 Å². The molecule has 28 heavy (non-hydrogen) atoms. The van der Waals surface area contributed by atoms with Crippen LogP contribution in [-0.4, -0.2) is 23.0 Å².